The van der Waals surface area contributed by atoms with Gasteiger partial charge in [0.05, 0.1) is 5.69 Å². The van der Waals surface area contributed by atoms with Gasteiger partial charge in [0.2, 0.25) is 0 Å². The van der Waals surface area contributed by atoms with Crippen molar-refractivity contribution in [1.82, 2.24) is 5.32 Å². The molecule has 1 aromatic rings. The first-order chi connectivity index (χ1) is 10.8. The monoisotopic (exact) mass is 344 g/mol. The molecule has 1 atom stereocenters. The number of carbonyl (C=O) groups is 2. The molecule has 0 saturated carbocycles. The lowest BCUT2D eigenvalue weighted by Crippen LogP contribution is -2.38. The van der Waals surface area contributed by atoms with Crippen LogP contribution in [-0.2, 0) is 9.59 Å². The van der Waals surface area contributed by atoms with Crippen molar-refractivity contribution in [2.24, 2.45) is 11.8 Å². The highest BCUT2D eigenvalue weighted by atomic mass is 35.5. The molecule has 1 rings (SSSR count). The van der Waals surface area contributed by atoms with Crippen LogP contribution in [0.3, 0.4) is 0 Å². The van der Waals surface area contributed by atoms with Gasteiger partial charge in [-0.1, -0.05) is 25.4 Å². The van der Waals surface area contributed by atoms with Crippen LogP contribution in [0.1, 0.15) is 26.7 Å². The maximum absolute atomic E-state index is 13.5. The average Bonchev–Trinajstić information content (AvgIpc) is 2.47. The van der Waals surface area contributed by atoms with Crippen LogP contribution >= 0.6 is 11.6 Å². The molecule has 0 aliphatic heterocycles. The van der Waals surface area contributed by atoms with Crippen molar-refractivity contribution in [3.8, 4) is 0 Å². The highest BCUT2D eigenvalue weighted by molar-refractivity contribution is 6.39. The fraction of sp³-hybridized carbons (Fsp3) is 0.500. The number of aliphatic hydroxyl groups excluding tert-OH is 1. The molecule has 23 heavy (non-hydrogen) atoms. The Labute approximate surface area is 140 Å². The Hall–Kier alpha value is -1.66. The minimum atomic E-state index is -0.960. The van der Waals surface area contributed by atoms with E-state index in [1.807, 2.05) is 13.8 Å². The van der Waals surface area contributed by atoms with Gasteiger partial charge in [-0.05, 0) is 42.9 Å². The van der Waals surface area contributed by atoms with Gasteiger partial charge in [-0.25, -0.2) is 4.39 Å². The summed E-state index contributed by atoms with van der Waals surface area (Å²) in [7, 11) is 0. The molecule has 7 heteroatoms. The van der Waals surface area contributed by atoms with E-state index in [0.717, 1.165) is 12.5 Å². The first-order valence-electron chi connectivity index (χ1n) is 7.48. The highest BCUT2D eigenvalue weighted by Crippen LogP contribution is 2.19. The third-order valence-electron chi connectivity index (χ3n) is 3.28. The van der Waals surface area contributed by atoms with E-state index in [1.54, 1.807) is 0 Å². The number of benzene rings is 1. The molecule has 0 bridgehead atoms. The Bertz CT molecular complexity index is 552. The molecule has 0 aliphatic rings. The third-order valence-corrected chi connectivity index (χ3v) is 3.51. The number of amides is 2. The van der Waals surface area contributed by atoms with Crippen molar-refractivity contribution in [1.29, 1.82) is 0 Å². The van der Waals surface area contributed by atoms with E-state index < -0.39 is 17.6 Å². The molecule has 0 spiro atoms. The molecule has 0 radical (unpaired) electrons. The molecule has 0 aromatic heterocycles. The van der Waals surface area contributed by atoms with Crippen molar-refractivity contribution in [2.45, 2.75) is 26.7 Å². The van der Waals surface area contributed by atoms with Gasteiger partial charge in [0, 0.05) is 18.2 Å². The lowest BCUT2D eigenvalue weighted by Gasteiger charge is -2.18. The Morgan fingerprint density at radius 2 is 2.00 bits per heavy atom. The zero-order valence-corrected chi connectivity index (χ0v) is 14.0. The fourth-order valence-corrected chi connectivity index (χ4v) is 2.41. The number of carbonyl (C=O) groups excluding carboxylic acids is 2. The zero-order chi connectivity index (χ0) is 17.4. The van der Waals surface area contributed by atoms with Crippen LogP contribution in [0.4, 0.5) is 10.1 Å². The Morgan fingerprint density at radius 3 is 2.61 bits per heavy atom. The molecule has 2 amide bonds. The SMILES string of the molecule is CC(C)CC(CCO)CNC(=O)C(=O)Nc1cc(Cl)ccc1F. The van der Waals surface area contributed by atoms with Crippen LogP contribution in [0, 0.1) is 17.7 Å². The summed E-state index contributed by atoms with van der Waals surface area (Å²) in [6.07, 6.45) is 1.37. The number of aliphatic hydroxyl groups is 1. The average molecular weight is 345 g/mol. The topological polar surface area (TPSA) is 78.4 Å². The van der Waals surface area contributed by atoms with Crippen LogP contribution in [0.2, 0.25) is 5.02 Å². The van der Waals surface area contributed by atoms with Gasteiger partial charge in [-0.2, -0.15) is 0 Å². The van der Waals surface area contributed by atoms with Crippen LogP contribution in [-0.4, -0.2) is 30.1 Å². The van der Waals surface area contributed by atoms with Crippen LogP contribution in [0.25, 0.3) is 0 Å². The second-order valence-corrected chi connectivity index (χ2v) is 6.23. The Balaban J connectivity index is 2.56. The van der Waals surface area contributed by atoms with Gasteiger partial charge in [0.1, 0.15) is 5.82 Å². The van der Waals surface area contributed by atoms with E-state index in [1.165, 1.54) is 12.1 Å². The second-order valence-electron chi connectivity index (χ2n) is 5.80. The van der Waals surface area contributed by atoms with E-state index in [4.69, 9.17) is 16.7 Å². The summed E-state index contributed by atoms with van der Waals surface area (Å²) in [6, 6.07) is 3.68. The third kappa shape index (κ3) is 6.97. The molecule has 1 aromatic carbocycles. The van der Waals surface area contributed by atoms with Crippen molar-refractivity contribution in [2.75, 3.05) is 18.5 Å². The van der Waals surface area contributed by atoms with Crippen LogP contribution in [0.15, 0.2) is 18.2 Å². The number of hydrogen-bond donors (Lipinski definition) is 3. The van der Waals surface area contributed by atoms with Crippen molar-refractivity contribution in [3.63, 3.8) is 0 Å². The smallest absolute Gasteiger partial charge is 0.313 e. The minimum Gasteiger partial charge on any atom is -0.396 e. The van der Waals surface area contributed by atoms with Gasteiger partial charge in [0.25, 0.3) is 0 Å². The summed E-state index contributed by atoms with van der Waals surface area (Å²) in [5.41, 5.74) is -0.147. The summed E-state index contributed by atoms with van der Waals surface area (Å²) < 4.78 is 13.5. The summed E-state index contributed by atoms with van der Waals surface area (Å²) in [4.78, 5) is 23.6. The fourth-order valence-electron chi connectivity index (χ4n) is 2.24. The number of anilines is 1. The lowest BCUT2D eigenvalue weighted by molar-refractivity contribution is -0.136. The molecule has 0 aliphatic carbocycles. The molecule has 0 fully saturated rings. The Morgan fingerprint density at radius 1 is 1.30 bits per heavy atom. The maximum atomic E-state index is 13.5. The second kappa shape index (κ2) is 9.47. The maximum Gasteiger partial charge on any atom is 0.313 e. The first kappa shape index (κ1) is 19.4. The molecular formula is C16H22ClFN2O3. The van der Waals surface area contributed by atoms with Gasteiger partial charge in [0.15, 0.2) is 0 Å². The summed E-state index contributed by atoms with van der Waals surface area (Å²) in [6.45, 7) is 4.39. The Kier molecular flexibility index (Phi) is 7.98. The molecule has 5 nitrogen and oxygen atoms in total. The largest absolute Gasteiger partial charge is 0.396 e. The van der Waals surface area contributed by atoms with E-state index >= 15 is 0 Å². The van der Waals surface area contributed by atoms with Gasteiger partial charge in [-0.15, -0.1) is 0 Å². The van der Waals surface area contributed by atoms with Crippen molar-refractivity contribution < 1.29 is 19.1 Å². The predicted molar refractivity (Wildman–Crippen MR) is 87.7 cm³/mol. The lowest BCUT2D eigenvalue weighted by atomic mass is 9.94. The van der Waals surface area contributed by atoms with E-state index in [0.29, 0.717) is 12.3 Å². The van der Waals surface area contributed by atoms with Crippen LogP contribution < -0.4 is 10.6 Å². The number of rotatable bonds is 7. The standard InChI is InChI=1S/C16H22ClFN2O3/c1-10(2)7-11(5-6-21)9-19-15(22)16(23)20-14-8-12(17)3-4-13(14)18/h3-4,8,10-11,21H,5-7,9H2,1-2H3,(H,19,22)(H,20,23). The molecule has 128 valence electrons. The first-order valence-corrected chi connectivity index (χ1v) is 7.86. The normalized spacial score (nSPS) is 12.1. The molecule has 1 unspecified atom stereocenters. The summed E-state index contributed by atoms with van der Waals surface area (Å²) in [5, 5.41) is 14.0. The molecular weight excluding hydrogens is 323 g/mol. The van der Waals surface area contributed by atoms with Gasteiger partial charge < -0.3 is 15.7 Å². The summed E-state index contributed by atoms with van der Waals surface area (Å²) in [5.74, 6) is -1.99. The minimum absolute atomic E-state index is 0.0210. The molecule has 0 heterocycles. The van der Waals surface area contributed by atoms with E-state index in [-0.39, 0.29) is 29.8 Å². The van der Waals surface area contributed by atoms with Crippen molar-refractivity contribution >= 4 is 29.1 Å². The highest BCUT2D eigenvalue weighted by Gasteiger charge is 2.18. The summed E-state index contributed by atoms with van der Waals surface area (Å²) >= 11 is 5.72. The van der Waals surface area contributed by atoms with Crippen LogP contribution in [0.5, 0.6) is 0 Å². The zero-order valence-electron chi connectivity index (χ0n) is 13.2. The predicted octanol–water partition coefficient (Wildman–Crippen LogP) is 2.58. The van der Waals surface area contributed by atoms with Crippen molar-refractivity contribution in [3.05, 3.63) is 29.0 Å². The van der Waals surface area contributed by atoms with E-state index in [9.17, 15) is 14.0 Å². The number of halogens is 2. The van der Waals surface area contributed by atoms with E-state index in [2.05, 4.69) is 10.6 Å². The quantitative estimate of drug-likeness (QED) is 0.665. The molecule has 0 saturated heterocycles. The number of hydrogen-bond acceptors (Lipinski definition) is 3. The number of nitrogens with one attached hydrogen (secondary N) is 2. The molecule has 3 N–H and O–H groups in total. The van der Waals surface area contributed by atoms with Gasteiger partial charge >= 0.3 is 11.8 Å². The van der Waals surface area contributed by atoms with Gasteiger partial charge in [-0.3, -0.25) is 9.59 Å².